The minimum absolute atomic E-state index is 0.0320. The van der Waals surface area contributed by atoms with Gasteiger partial charge in [0.2, 0.25) is 0 Å². The van der Waals surface area contributed by atoms with Gasteiger partial charge in [-0.2, -0.15) is 0 Å². The minimum atomic E-state index is -0.582. The summed E-state index contributed by atoms with van der Waals surface area (Å²) in [5, 5.41) is 2.49. The third kappa shape index (κ3) is 3.81. The van der Waals surface area contributed by atoms with Crippen LogP contribution in [0.5, 0.6) is 0 Å². The van der Waals surface area contributed by atoms with Gasteiger partial charge in [-0.05, 0) is 34.6 Å². The van der Waals surface area contributed by atoms with Crippen molar-refractivity contribution >= 4 is 11.9 Å². The molecule has 1 heterocycles. The van der Waals surface area contributed by atoms with Crippen LogP contribution in [0, 0.1) is 0 Å². The van der Waals surface area contributed by atoms with Crippen molar-refractivity contribution in [1.82, 2.24) is 5.32 Å². The lowest BCUT2D eigenvalue weighted by Crippen LogP contribution is -2.43. The number of amides is 1. The Balaban J connectivity index is 2.36. The predicted molar refractivity (Wildman–Crippen MR) is 58.2 cm³/mol. The van der Waals surface area contributed by atoms with E-state index in [2.05, 4.69) is 5.32 Å². The van der Waals surface area contributed by atoms with Crippen molar-refractivity contribution in [1.29, 1.82) is 0 Å². The molecular formula is C11H19NO4. The Morgan fingerprint density at radius 2 is 1.88 bits per heavy atom. The number of Topliss-reactive ketones (excluding diaryl/α,β-unsaturated/α-hetero) is 1. The van der Waals surface area contributed by atoms with E-state index in [0.717, 1.165) is 0 Å². The number of ketones is 1. The minimum Gasteiger partial charge on any atom is -0.444 e. The van der Waals surface area contributed by atoms with E-state index in [-0.39, 0.29) is 18.0 Å². The van der Waals surface area contributed by atoms with Gasteiger partial charge in [0.1, 0.15) is 11.7 Å². The van der Waals surface area contributed by atoms with Gasteiger partial charge in [-0.3, -0.25) is 4.79 Å². The van der Waals surface area contributed by atoms with Gasteiger partial charge in [0.05, 0.1) is 12.1 Å². The summed E-state index contributed by atoms with van der Waals surface area (Å²) in [6, 6.07) is -0.579. The van der Waals surface area contributed by atoms with Crippen LogP contribution in [0.1, 0.15) is 34.6 Å². The second-order valence-electron chi connectivity index (χ2n) is 5.03. The SMILES string of the molecule is C[C@H](NC(=O)OC(C)(C)C)C(=O)C1O[C@@H]1C. The van der Waals surface area contributed by atoms with Crippen LogP contribution in [0.4, 0.5) is 4.79 Å². The average molecular weight is 229 g/mol. The van der Waals surface area contributed by atoms with Gasteiger partial charge >= 0.3 is 6.09 Å². The molecule has 0 aromatic heterocycles. The second-order valence-corrected chi connectivity index (χ2v) is 5.03. The first kappa shape index (κ1) is 13.0. The average Bonchev–Trinajstić information content (AvgIpc) is 2.77. The zero-order valence-corrected chi connectivity index (χ0v) is 10.4. The molecule has 0 aromatic carbocycles. The molecule has 1 saturated heterocycles. The highest BCUT2D eigenvalue weighted by molar-refractivity contribution is 5.92. The smallest absolute Gasteiger partial charge is 0.408 e. The van der Waals surface area contributed by atoms with Crippen LogP contribution in [-0.2, 0) is 14.3 Å². The molecular weight excluding hydrogens is 210 g/mol. The summed E-state index contributed by atoms with van der Waals surface area (Å²) in [4.78, 5) is 23.0. The summed E-state index contributed by atoms with van der Waals surface area (Å²) in [6.07, 6.45) is -0.984. The summed E-state index contributed by atoms with van der Waals surface area (Å²) in [5.41, 5.74) is -0.559. The fourth-order valence-corrected chi connectivity index (χ4v) is 1.29. The van der Waals surface area contributed by atoms with E-state index in [1.165, 1.54) is 0 Å². The van der Waals surface area contributed by atoms with Crippen molar-refractivity contribution < 1.29 is 19.1 Å². The fourth-order valence-electron chi connectivity index (χ4n) is 1.29. The molecule has 1 fully saturated rings. The van der Waals surface area contributed by atoms with E-state index in [0.29, 0.717) is 0 Å². The molecule has 0 bridgehead atoms. The normalized spacial score (nSPS) is 25.8. The van der Waals surface area contributed by atoms with Crippen LogP contribution in [0.2, 0.25) is 0 Å². The molecule has 1 aliphatic rings. The van der Waals surface area contributed by atoms with Crippen molar-refractivity contribution in [2.45, 2.75) is 58.5 Å². The highest BCUT2D eigenvalue weighted by atomic mass is 16.6. The zero-order chi connectivity index (χ0) is 12.5. The molecule has 1 unspecified atom stereocenters. The summed E-state index contributed by atoms with van der Waals surface area (Å²) in [6.45, 7) is 8.75. The van der Waals surface area contributed by atoms with Gasteiger partial charge < -0.3 is 14.8 Å². The number of nitrogens with one attached hydrogen (secondary N) is 1. The van der Waals surface area contributed by atoms with Crippen molar-refractivity contribution in [3.05, 3.63) is 0 Å². The van der Waals surface area contributed by atoms with Gasteiger partial charge in [0, 0.05) is 0 Å². The van der Waals surface area contributed by atoms with Crippen LogP contribution >= 0.6 is 0 Å². The maximum absolute atomic E-state index is 11.6. The van der Waals surface area contributed by atoms with Gasteiger partial charge in [0.25, 0.3) is 0 Å². The topological polar surface area (TPSA) is 67.9 Å². The van der Waals surface area contributed by atoms with E-state index in [4.69, 9.17) is 9.47 Å². The van der Waals surface area contributed by atoms with E-state index < -0.39 is 17.7 Å². The van der Waals surface area contributed by atoms with E-state index in [9.17, 15) is 9.59 Å². The van der Waals surface area contributed by atoms with Crippen LogP contribution in [-0.4, -0.2) is 35.7 Å². The van der Waals surface area contributed by atoms with Crippen molar-refractivity contribution in [2.24, 2.45) is 0 Å². The molecule has 1 N–H and O–H groups in total. The third-order valence-corrected chi connectivity index (χ3v) is 2.15. The monoisotopic (exact) mass is 229 g/mol. The lowest BCUT2D eigenvalue weighted by Gasteiger charge is -2.21. The second kappa shape index (κ2) is 4.41. The van der Waals surface area contributed by atoms with Gasteiger partial charge in [0.15, 0.2) is 5.78 Å². The maximum atomic E-state index is 11.6. The first-order valence-corrected chi connectivity index (χ1v) is 5.39. The highest BCUT2D eigenvalue weighted by Gasteiger charge is 2.43. The standard InChI is InChI=1S/C11H19NO4/c1-6(8(13)9-7(2)15-9)12-10(14)16-11(3,4)5/h6-7,9H,1-5H3,(H,12,14)/t6-,7+,9?/m0/s1. The molecule has 0 aromatic rings. The molecule has 0 aliphatic carbocycles. The number of epoxide rings is 1. The Hall–Kier alpha value is -1.10. The maximum Gasteiger partial charge on any atom is 0.408 e. The predicted octanol–water partition coefficient (Wildman–Crippen LogP) is 1.26. The van der Waals surface area contributed by atoms with Crippen LogP contribution in [0.25, 0.3) is 0 Å². The summed E-state index contributed by atoms with van der Waals surface area (Å²) >= 11 is 0. The molecule has 0 radical (unpaired) electrons. The number of hydrogen-bond acceptors (Lipinski definition) is 4. The fraction of sp³-hybridized carbons (Fsp3) is 0.818. The molecule has 1 rings (SSSR count). The Morgan fingerprint density at radius 1 is 1.38 bits per heavy atom. The molecule has 5 nitrogen and oxygen atoms in total. The van der Waals surface area contributed by atoms with Crippen LogP contribution in [0.15, 0.2) is 0 Å². The van der Waals surface area contributed by atoms with E-state index in [1.54, 1.807) is 27.7 Å². The number of carbonyl (C=O) groups excluding carboxylic acids is 2. The van der Waals surface area contributed by atoms with Crippen molar-refractivity contribution in [2.75, 3.05) is 0 Å². The molecule has 5 heteroatoms. The van der Waals surface area contributed by atoms with E-state index >= 15 is 0 Å². The molecule has 16 heavy (non-hydrogen) atoms. The number of hydrogen-bond donors (Lipinski definition) is 1. The first-order valence-electron chi connectivity index (χ1n) is 5.39. The Bertz CT molecular complexity index is 295. The molecule has 3 atom stereocenters. The largest absolute Gasteiger partial charge is 0.444 e. The van der Waals surface area contributed by atoms with Crippen LogP contribution in [0.3, 0.4) is 0 Å². The molecule has 1 amide bonds. The summed E-state index contributed by atoms with van der Waals surface area (Å²) in [5.74, 6) is -0.113. The van der Waals surface area contributed by atoms with Gasteiger partial charge in [-0.1, -0.05) is 0 Å². The van der Waals surface area contributed by atoms with Crippen molar-refractivity contribution in [3.8, 4) is 0 Å². The number of carbonyl (C=O) groups is 2. The van der Waals surface area contributed by atoms with Gasteiger partial charge in [-0.25, -0.2) is 4.79 Å². The van der Waals surface area contributed by atoms with Crippen LogP contribution < -0.4 is 5.32 Å². The number of alkyl carbamates (subject to hydrolysis) is 1. The summed E-state index contributed by atoms with van der Waals surface area (Å²) < 4.78 is 10.1. The number of ether oxygens (including phenoxy) is 2. The first-order chi connectivity index (χ1) is 7.20. The highest BCUT2D eigenvalue weighted by Crippen LogP contribution is 2.23. The Morgan fingerprint density at radius 3 is 2.25 bits per heavy atom. The summed E-state index contributed by atoms with van der Waals surface area (Å²) in [7, 11) is 0. The van der Waals surface area contributed by atoms with Gasteiger partial charge in [-0.15, -0.1) is 0 Å². The molecule has 0 spiro atoms. The Labute approximate surface area is 95.5 Å². The Kier molecular flexibility index (Phi) is 3.57. The lowest BCUT2D eigenvalue weighted by molar-refractivity contribution is -0.121. The molecule has 92 valence electrons. The van der Waals surface area contributed by atoms with Crippen molar-refractivity contribution in [3.63, 3.8) is 0 Å². The molecule has 0 saturated carbocycles. The lowest BCUT2D eigenvalue weighted by atomic mass is 10.1. The quantitative estimate of drug-likeness (QED) is 0.740. The zero-order valence-electron chi connectivity index (χ0n) is 10.4. The number of rotatable bonds is 3. The van der Waals surface area contributed by atoms with E-state index in [1.807, 2.05) is 6.92 Å². The molecule has 1 aliphatic heterocycles. The third-order valence-electron chi connectivity index (χ3n) is 2.15.